The van der Waals surface area contributed by atoms with Crippen LogP contribution in [0, 0.1) is 11.2 Å². The number of carbonyl (C=O) groups is 3. The van der Waals surface area contributed by atoms with Crippen LogP contribution in [0.3, 0.4) is 0 Å². The van der Waals surface area contributed by atoms with Crippen molar-refractivity contribution in [2.45, 2.75) is 85.5 Å². The lowest BCUT2D eigenvalue weighted by atomic mass is 9.87. The van der Waals surface area contributed by atoms with Gasteiger partial charge in [-0.3, -0.25) is 4.79 Å². The molecule has 44 heavy (non-hydrogen) atoms. The second-order valence-electron chi connectivity index (χ2n) is 11.3. The van der Waals surface area contributed by atoms with Crippen LogP contribution in [-0.4, -0.2) is 56.1 Å². The Morgan fingerprint density at radius 2 is 1.77 bits per heavy atom. The summed E-state index contributed by atoms with van der Waals surface area (Å²) in [4.78, 5) is 39.6. The molecule has 2 aliphatic rings. The summed E-state index contributed by atoms with van der Waals surface area (Å²) in [5.41, 5.74) is -3.64. The maximum Gasteiger partial charge on any atom is 0.410 e. The number of nitrogens with zero attached hydrogens (tertiary/aromatic N) is 3. The number of fused-ring (bicyclic) bond motifs is 1. The largest absolute Gasteiger partial charge is 0.478 e. The second kappa shape index (κ2) is 12.7. The molecule has 4 rings (SSSR count). The summed E-state index contributed by atoms with van der Waals surface area (Å²) in [6.45, 7) is 14.0. The molecule has 1 amide bonds. The molecular weight excluding hydrogens is 606 g/mol. The van der Waals surface area contributed by atoms with E-state index in [1.54, 1.807) is 20.8 Å². The highest BCUT2D eigenvalue weighted by atomic mass is 35.5. The quantitative estimate of drug-likeness (QED) is 0.194. The molecule has 1 aromatic carbocycles. The molecule has 1 aliphatic heterocycles. The van der Waals surface area contributed by atoms with Gasteiger partial charge in [0.15, 0.2) is 0 Å². The number of carboxylic acids is 1. The van der Waals surface area contributed by atoms with Gasteiger partial charge < -0.3 is 14.7 Å². The highest BCUT2D eigenvalue weighted by Gasteiger charge is 2.65. The van der Waals surface area contributed by atoms with E-state index in [0.717, 1.165) is 10.7 Å². The molecule has 0 atom stereocenters. The molecule has 1 aliphatic carbocycles. The van der Waals surface area contributed by atoms with Gasteiger partial charge in [0.2, 0.25) is 0 Å². The zero-order valence-corrected chi connectivity index (χ0v) is 26.2. The molecule has 1 fully saturated rings. The molecule has 0 unspecified atom stereocenters. The number of allylic oxidation sites excluding steroid dienone is 3. The van der Waals surface area contributed by atoms with E-state index in [1.807, 2.05) is 13.8 Å². The summed E-state index contributed by atoms with van der Waals surface area (Å²) in [5, 5.41) is 13.2. The number of ether oxygens (including phenoxy) is 1. The van der Waals surface area contributed by atoms with Gasteiger partial charge >= 0.3 is 18.2 Å². The van der Waals surface area contributed by atoms with E-state index in [-0.39, 0.29) is 66.9 Å². The predicted molar refractivity (Wildman–Crippen MR) is 157 cm³/mol. The van der Waals surface area contributed by atoms with Crippen molar-refractivity contribution in [2.75, 3.05) is 6.54 Å². The molecule has 2 heterocycles. The first-order chi connectivity index (χ1) is 20.4. The fraction of sp³-hybridized carbons (Fsp3) is 0.484. The Morgan fingerprint density at radius 1 is 1.16 bits per heavy atom. The Bertz CT molecular complexity index is 1520. The Balaban J connectivity index is 0.00000259. The topological polar surface area (TPSA) is 102 Å². The molecule has 8 nitrogen and oxygen atoms in total. The molecule has 0 spiro atoms. The first-order valence-corrected chi connectivity index (χ1v) is 14.6. The van der Waals surface area contributed by atoms with E-state index in [0.29, 0.717) is 5.56 Å². The zero-order valence-electron chi connectivity index (χ0n) is 25.5. The van der Waals surface area contributed by atoms with Crippen molar-refractivity contribution in [3.8, 4) is 11.3 Å². The van der Waals surface area contributed by atoms with E-state index < -0.39 is 51.6 Å². The summed E-state index contributed by atoms with van der Waals surface area (Å²) in [7, 11) is 0. The van der Waals surface area contributed by atoms with Crippen molar-refractivity contribution in [1.29, 1.82) is 0 Å². The Hall–Kier alpha value is -3.67. The van der Waals surface area contributed by atoms with Gasteiger partial charge in [-0.05, 0) is 70.2 Å². The molecule has 1 N–H and O–H groups in total. The van der Waals surface area contributed by atoms with Crippen molar-refractivity contribution in [2.24, 2.45) is 5.41 Å². The van der Waals surface area contributed by atoms with Crippen LogP contribution in [0.4, 0.5) is 22.4 Å². The number of rotatable bonds is 6. The number of aromatic nitrogens is 2. The highest BCUT2D eigenvalue weighted by Crippen LogP contribution is 2.64. The minimum absolute atomic E-state index is 0.00818. The third kappa shape index (κ3) is 6.69. The maximum atomic E-state index is 15.2. The summed E-state index contributed by atoms with van der Waals surface area (Å²) < 4.78 is 63.9. The molecular formula is C31H36ClF4N3O5. The molecule has 0 bridgehead atoms. The van der Waals surface area contributed by atoms with Crippen molar-refractivity contribution >= 4 is 29.6 Å². The SMILES string of the molecule is C=C(Cl)/C(C(=O)n1nc(-c2ccc(C(=O)O)cc2F)c2c1CN(C(=O)OC(C)(C)C)CC2)=C(\CC)C1(C(F)(F)F)CC1.CC. The Morgan fingerprint density at radius 3 is 2.23 bits per heavy atom. The number of aromatic carboxylic acids is 1. The van der Waals surface area contributed by atoms with Crippen LogP contribution < -0.4 is 0 Å². The lowest BCUT2D eigenvalue weighted by molar-refractivity contribution is -0.175. The van der Waals surface area contributed by atoms with Gasteiger partial charge in [-0.15, -0.1) is 0 Å². The number of alkyl halides is 3. The van der Waals surface area contributed by atoms with Crippen LogP contribution in [0.15, 0.2) is 41.0 Å². The summed E-state index contributed by atoms with van der Waals surface area (Å²) in [5.74, 6) is -3.28. The van der Waals surface area contributed by atoms with E-state index in [9.17, 15) is 32.7 Å². The number of hydrogen-bond acceptors (Lipinski definition) is 5. The molecule has 1 aromatic heterocycles. The van der Waals surface area contributed by atoms with Crippen LogP contribution in [0.1, 0.15) is 87.2 Å². The average Bonchev–Trinajstić information content (AvgIpc) is 3.66. The van der Waals surface area contributed by atoms with E-state index >= 15 is 4.39 Å². The van der Waals surface area contributed by atoms with E-state index in [4.69, 9.17) is 16.3 Å². The molecule has 13 heteroatoms. The average molecular weight is 642 g/mol. The van der Waals surface area contributed by atoms with Gasteiger partial charge in [0.25, 0.3) is 5.91 Å². The number of carboxylic acid groups (broad SMARTS) is 1. The normalized spacial score (nSPS) is 16.2. The summed E-state index contributed by atoms with van der Waals surface area (Å²) >= 11 is 6.20. The minimum Gasteiger partial charge on any atom is -0.478 e. The predicted octanol–water partition coefficient (Wildman–Crippen LogP) is 8.15. The van der Waals surface area contributed by atoms with Crippen molar-refractivity contribution in [1.82, 2.24) is 14.7 Å². The first kappa shape index (κ1) is 34.8. The van der Waals surface area contributed by atoms with Crippen LogP contribution in [0.5, 0.6) is 0 Å². The van der Waals surface area contributed by atoms with Crippen LogP contribution in [0.25, 0.3) is 11.3 Å². The van der Waals surface area contributed by atoms with Gasteiger partial charge in [-0.1, -0.05) is 39.0 Å². The third-order valence-corrected chi connectivity index (χ3v) is 7.58. The molecule has 0 radical (unpaired) electrons. The molecule has 240 valence electrons. The van der Waals surface area contributed by atoms with Crippen LogP contribution in [0.2, 0.25) is 0 Å². The summed E-state index contributed by atoms with van der Waals surface area (Å²) in [6, 6.07) is 3.18. The smallest absolute Gasteiger partial charge is 0.410 e. The van der Waals surface area contributed by atoms with Crippen molar-refractivity contribution < 1.29 is 41.8 Å². The standard InChI is InChI=1S/C29H30ClF4N3O5.C2H6/c1-6-19(28(10-11-28)29(32,33)34)22(15(2)30)24(38)37-21-14-36(26(41)42-27(3,4)5)12-9-18(21)23(35-37)17-8-7-16(25(39)40)13-20(17)31;1-2/h7-8,13H,2,6,9-12,14H2,1,3-5H3,(H,39,40);1-2H3/b22-19-;. The Labute approximate surface area is 258 Å². The van der Waals surface area contributed by atoms with Gasteiger partial charge in [-0.25, -0.2) is 14.0 Å². The molecule has 2 aromatic rings. The van der Waals surface area contributed by atoms with E-state index in [2.05, 4.69) is 11.7 Å². The number of halogens is 5. The lowest BCUT2D eigenvalue weighted by Crippen LogP contribution is -2.41. The molecule has 0 saturated heterocycles. The fourth-order valence-corrected chi connectivity index (χ4v) is 5.47. The lowest BCUT2D eigenvalue weighted by Gasteiger charge is -2.30. The number of hydrogen-bond donors (Lipinski definition) is 1. The number of benzene rings is 1. The van der Waals surface area contributed by atoms with Gasteiger partial charge in [0.1, 0.15) is 11.4 Å². The Kier molecular flexibility index (Phi) is 10.1. The highest BCUT2D eigenvalue weighted by molar-refractivity contribution is 6.35. The number of amides is 1. The van der Waals surface area contributed by atoms with E-state index in [1.165, 1.54) is 24.0 Å². The summed E-state index contributed by atoms with van der Waals surface area (Å²) in [6.07, 6.45) is -5.78. The molecule has 1 saturated carbocycles. The van der Waals surface area contributed by atoms with Gasteiger partial charge in [0.05, 0.1) is 34.5 Å². The zero-order chi connectivity index (χ0) is 33.4. The third-order valence-electron chi connectivity index (χ3n) is 7.39. The second-order valence-corrected chi connectivity index (χ2v) is 11.8. The van der Waals surface area contributed by atoms with Gasteiger partial charge in [-0.2, -0.15) is 23.0 Å². The monoisotopic (exact) mass is 641 g/mol. The van der Waals surface area contributed by atoms with Crippen LogP contribution >= 0.6 is 11.6 Å². The number of carbonyl (C=O) groups excluding carboxylic acids is 2. The van der Waals surface area contributed by atoms with Crippen LogP contribution in [-0.2, 0) is 17.7 Å². The fourth-order valence-electron chi connectivity index (χ4n) is 5.27. The van der Waals surface area contributed by atoms with Crippen molar-refractivity contribution in [3.63, 3.8) is 0 Å². The maximum absolute atomic E-state index is 15.2. The first-order valence-electron chi connectivity index (χ1n) is 14.2. The van der Waals surface area contributed by atoms with Gasteiger partial charge in [0, 0.05) is 22.7 Å². The van der Waals surface area contributed by atoms with Crippen molar-refractivity contribution in [3.05, 3.63) is 63.6 Å². The minimum atomic E-state index is -4.63.